The zero-order valence-electron chi connectivity index (χ0n) is 15.6. The standard InChI is InChI=1S/C21H26N6/c1-3-8-22-20(6-1)16-26-14-12-24(18-26)10-5-11-25-13-15-27(19-25)17-21-7-2-4-9-23-21/h1-4,6-9,12-15H,5,10-11,16-19H2. The smallest absolute Gasteiger partial charge is 0.0897 e. The molecule has 0 bridgehead atoms. The predicted molar refractivity (Wildman–Crippen MR) is 106 cm³/mol. The lowest BCUT2D eigenvalue weighted by atomic mass is 10.3. The van der Waals surface area contributed by atoms with Gasteiger partial charge in [0, 0.05) is 50.3 Å². The van der Waals surface area contributed by atoms with Gasteiger partial charge in [0.25, 0.3) is 0 Å². The topological polar surface area (TPSA) is 38.7 Å². The van der Waals surface area contributed by atoms with Crippen molar-refractivity contribution >= 4 is 0 Å². The van der Waals surface area contributed by atoms with Crippen LogP contribution in [0.2, 0.25) is 0 Å². The molecule has 6 nitrogen and oxygen atoms in total. The lowest BCUT2D eigenvalue weighted by molar-refractivity contribution is 0.227. The summed E-state index contributed by atoms with van der Waals surface area (Å²) in [5.41, 5.74) is 2.22. The van der Waals surface area contributed by atoms with E-state index in [-0.39, 0.29) is 0 Å². The average Bonchev–Trinajstić information content (AvgIpc) is 3.33. The number of nitrogens with zero attached hydrogens (tertiary/aromatic N) is 6. The molecule has 0 saturated carbocycles. The molecule has 140 valence electrons. The van der Waals surface area contributed by atoms with Crippen LogP contribution in [0.15, 0.2) is 73.6 Å². The Morgan fingerprint density at radius 1 is 0.630 bits per heavy atom. The van der Waals surface area contributed by atoms with E-state index in [1.54, 1.807) is 0 Å². The van der Waals surface area contributed by atoms with Gasteiger partial charge in [0.05, 0.1) is 37.8 Å². The number of hydrogen-bond donors (Lipinski definition) is 0. The number of pyridine rings is 2. The van der Waals surface area contributed by atoms with Crippen LogP contribution in [0, 0.1) is 0 Å². The van der Waals surface area contributed by atoms with Gasteiger partial charge in [-0.25, -0.2) is 0 Å². The predicted octanol–water partition coefficient (Wildman–Crippen LogP) is 2.66. The van der Waals surface area contributed by atoms with E-state index in [9.17, 15) is 0 Å². The minimum absolute atomic E-state index is 0.866. The Bertz CT molecular complexity index is 695. The largest absolute Gasteiger partial charge is 0.359 e. The summed E-state index contributed by atoms with van der Waals surface area (Å²) in [6.45, 7) is 5.76. The van der Waals surface area contributed by atoms with E-state index >= 15 is 0 Å². The minimum Gasteiger partial charge on any atom is -0.359 e. The molecule has 0 aromatic carbocycles. The van der Waals surface area contributed by atoms with Crippen LogP contribution >= 0.6 is 0 Å². The van der Waals surface area contributed by atoms with Gasteiger partial charge in [0.15, 0.2) is 0 Å². The third-order valence-electron chi connectivity index (χ3n) is 4.78. The molecule has 0 fully saturated rings. The van der Waals surface area contributed by atoms with E-state index in [0.29, 0.717) is 0 Å². The van der Waals surface area contributed by atoms with Gasteiger partial charge in [-0.3, -0.25) is 9.97 Å². The van der Waals surface area contributed by atoms with Crippen LogP contribution in [0.4, 0.5) is 0 Å². The van der Waals surface area contributed by atoms with Crippen molar-refractivity contribution in [3.05, 3.63) is 85.0 Å². The van der Waals surface area contributed by atoms with Gasteiger partial charge in [0.2, 0.25) is 0 Å². The third-order valence-corrected chi connectivity index (χ3v) is 4.78. The maximum atomic E-state index is 4.40. The van der Waals surface area contributed by atoms with Crippen molar-refractivity contribution in [3.63, 3.8) is 0 Å². The van der Waals surface area contributed by atoms with Gasteiger partial charge < -0.3 is 19.6 Å². The molecule has 0 amide bonds. The molecular formula is C21H26N6. The summed E-state index contributed by atoms with van der Waals surface area (Å²) in [6.07, 6.45) is 13.6. The van der Waals surface area contributed by atoms with Crippen LogP contribution in [0.25, 0.3) is 0 Å². The molecule has 2 aliphatic rings. The number of aromatic nitrogens is 2. The van der Waals surface area contributed by atoms with Crippen molar-refractivity contribution in [2.75, 3.05) is 26.4 Å². The highest BCUT2D eigenvalue weighted by atomic mass is 15.4. The quantitative estimate of drug-likeness (QED) is 0.719. The fourth-order valence-corrected chi connectivity index (χ4v) is 3.40. The highest BCUT2D eigenvalue weighted by molar-refractivity contribution is 5.06. The van der Waals surface area contributed by atoms with E-state index in [1.807, 2.05) is 36.7 Å². The Balaban J connectivity index is 1.13. The number of rotatable bonds is 8. The molecule has 0 aliphatic carbocycles. The van der Waals surface area contributed by atoms with Crippen molar-refractivity contribution < 1.29 is 0 Å². The van der Waals surface area contributed by atoms with E-state index < -0.39 is 0 Å². The molecule has 0 radical (unpaired) electrons. The molecule has 0 atom stereocenters. The normalized spacial score (nSPS) is 16.0. The molecular weight excluding hydrogens is 336 g/mol. The summed E-state index contributed by atoms with van der Waals surface area (Å²) in [6, 6.07) is 12.2. The second kappa shape index (κ2) is 8.58. The van der Waals surface area contributed by atoms with Crippen molar-refractivity contribution in [2.24, 2.45) is 0 Å². The first-order valence-corrected chi connectivity index (χ1v) is 9.48. The van der Waals surface area contributed by atoms with Gasteiger partial charge in [-0.15, -0.1) is 0 Å². The van der Waals surface area contributed by atoms with E-state index in [0.717, 1.165) is 57.3 Å². The summed E-state index contributed by atoms with van der Waals surface area (Å²) in [7, 11) is 0. The van der Waals surface area contributed by atoms with E-state index in [1.165, 1.54) is 0 Å². The molecule has 0 N–H and O–H groups in total. The van der Waals surface area contributed by atoms with Crippen molar-refractivity contribution in [1.29, 1.82) is 0 Å². The fourth-order valence-electron chi connectivity index (χ4n) is 3.40. The average molecular weight is 362 g/mol. The summed E-state index contributed by atoms with van der Waals surface area (Å²) in [5.74, 6) is 0. The van der Waals surface area contributed by atoms with Gasteiger partial charge in [-0.1, -0.05) is 12.1 Å². The molecule has 27 heavy (non-hydrogen) atoms. The van der Waals surface area contributed by atoms with Crippen LogP contribution in [-0.2, 0) is 13.1 Å². The summed E-state index contributed by atoms with van der Waals surface area (Å²) in [5, 5.41) is 0. The Morgan fingerprint density at radius 2 is 1.11 bits per heavy atom. The first kappa shape index (κ1) is 17.4. The van der Waals surface area contributed by atoms with Gasteiger partial charge in [0.1, 0.15) is 0 Å². The maximum absolute atomic E-state index is 4.40. The molecule has 2 aliphatic heterocycles. The Morgan fingerprint density at radius 3 is 1.56 bits per heavy atom. The van der Waals surface area contributed by atoms with Crippen LogP contribution in [-0.4, -0.2) is 56.0 Å². The Labute approximate surface area is 161 Å². The number of hydrogen-bond acceptors (Lipinski definition) is 6. The minimum atomic E-state index is 0.866. The highest BCUT2D eigenvalue weighted by Crippen LogP contribution is 2.13. The maximum Gasteiger partial charge on any atom is 0.0897 e. The van der Waals surface area contributed by atoms with E-state index in [2.05, 4.69) is 66.5 Å². The van der Waals surface area contributed by atoms with Crippen molar-refractivity contribution in [1.82, 2.24) is 29.6 Å². The molecule has 0 saturated heterocycles. The van der Waals surface area contributed by atoms with Crippen LogP contribution in [0.3, 0.4) is 0 Å². The Hall–Kier alpha value is -3.02. The Kier molecular flexibility index (Phi) is 5.53. The molecule has 4 rings (SSSR count). The monoisotopic (exact) mass is 362 g/mol. The summed E-state index contributed by atoms with van der Waals surface area (Å²) < 4.78 is 0. The van der Waals surface area contributed by atoms with Crippen LogP contribution < -0.4 is 0 Å². The van der Waals surface area contributed by atoms with E-state index in [4.69, 9.17) is 0 Å². The summed E-state index contributed by atoms with van der Waals surface area (Å²) in [4.78, 5) is 18.1. The SMILES string of the molecule is C1=CN(Cc2ccccn2)CN1CCCN1C=CN(Cc2ccccn2)C1. The molecule has 4 heterocycles. The third kappa shape index (κ3) is 5.00. The van der Waals surface area contributed by atoms with Gasteiger partial charge in [-0.2, -0.15) is 0 Å². The zero-order chi connectivity index (χ0) is 18.3. The molecule has 6 heteroatoms. The molecule has 0 unspecified atom stereocenters. The molecule has 2 aromatic heterocycles. The van der Waals surface area contributed by atoms with Crippen molar-refractivity contribution in [3.8, 4) is 0 Å². The highest BCUT2D eigenvalue weighted by Gasteiger charge is 2.15. The lowest BCUT2D eigenvalue weighted by Gasteiger charge is -2.24. The van der Waals surface area contributed by atoms with Crippen molar-refractivity contribution in [2.45, 2.75) is 19.5 Å². The first-order valence-electron chi connectivity index (χ1n) is 9.48. The molecule has 0 spiro atoms. The second-order valence-corrected chi connectivity index (χ2v) is 6.99. The zero-order valence-corrected chi connectivity index (χ0v) is 15.6. The second-order valence-electron chi connectivity index (χ2n) is 6.99. The van der Waals surface area contributed by atoms with Crippen LogP contribution in [0.1, 0.15) is 17.8 Å². The first-order chi connectivity index (χ1) is 13.3. The van der Waals surface area contributed by atoms with Gasteiger partial charge >= 0.3 is 0 Å². The lowest BCUT2D eigenvalue weighted by Crippen LogP contribution is -2.30. The van der Waals surface area contributed by atoms with Crippen LogP contribution in [0.5, 0.6) is 0 Å². The fraction of sp³-hybridized carbons (Fsp3) is 0.333. The molecule has 2 aromatic rings. The van der Waals surface area contributed by atoms with Gasteiger partial charge in [-0.05, 0) is 30.7 Å². The summed E-state index contributed by atoms with van der Waals surface area (Å²) >= 11 is 0.